The van der Waals surface area contributed by atoms with Crippen LogP contribution in [0.1, 0.15) is 15.9 Å². The van der Waals surface area contributed by atoms with Gasteiger partial charge in [0.05, 0.1) is 16.8 Å². The largest absolute Gasteiger partial charge is 0.489 e. The van der Waals surface area contributed by atoms with Gasteiger partial charge < -0.3 is 10.1 Å². The summed E-state index contributed by atoms with van der Waals surface area (Å²) in [5.74, 6) is 0.278. The van der Waals surface area contributed by atoms with Crippen LogP contribution in [0.15, 0.2) is 72.8 Å². The van der Waals surface area contributed by atoms with E-state index >= 15 is 0 Å². The first-order chi connectivity index (χ1) is 13.8. The Balaban J connectivity index is 1.61. The molecule has 3 aromatic rings. The molecule has 3 aromatic carbocycles. The molecule has 0 saturated carbocycles. The van der Waals surface area contributed by atoms with E-state index in [-0.39, 0.29) is 16.3 Å². The van der Waals surface area contributed by atoms with E-state index in [2.05, 4.69) is 10.0 Å². The minimum absolute atomic E-state index is 0.138. The second-order valence-electron chi connectivity index (χ2n) is 6.32. The molecule has 29 heavy (non-hydrogen) atoms. The van der Waals surface area contributed by atoms with Gasteiger partial charge in [-0.3, -0.25) is 9.52 Å². The summed E-state index contributed by atoms with van der Waals surface area (Å²) in [6.07, 6.45) is 1.04. The van der Waals surface area contributed by atoms with E-state index in [4.69, 9.17) is 16.3 Å². The van der Waals surface area contributed by atoms with Crippen LogP contribution in [-0.2, 0) is 16.6 Å². The molecule has 0 aliphatic carbocycles. The number of nitrogens with one attached hydrogen (secondary N) is 2. The fourth-order valence-electron chi connectivity index (χ4n) is 2.55. The molecule has 1 amide bonds. The van der Waals surface area contributed by atoms with Crippen molar-refractivity contribution in [2.75, 3.05) is 16.3 Å². The number of carbonyl (C=O) groups is 1. The van der Waals surface area contributed by atoms with Gasteiger partial charge in [0.2, 0.25) is 10.0 Å². The highest BCUT2D eigenvalue weighted by atomic mass is 35.5. The van der Waals surface area contributed by atoms with Crippen LogP contribution in [0.4, 0.5) is 11.4 Å². The van der Waals surface area contributed by atoms with Crippen molar-refractivity contribution in [1.82, 2.24) is 0 Å². The molecule has 0 spiro atoms. The van der Waals surface area contributed by atoms with Crippen LogP contribution in [0.5, 0.6) is 5.75 Å². The number of hydrogen-bond acceptors (Lipinski definition) is 4. The fourth-order valence-corrected chi connectivity index (χ4v) is 3.37. The van der Waals surface area contributed by atoms with Crippen molar-refractivity contribution in [2.45, 2.75) is 6.61 Å². The lowest BCUT2D eigenvalue weighted by atomic mass is 10.2. The zero-order valence-electron chi connectivity index (χ0n) is 15.6. The first kappa shape index (κ1) is 20.7. The molecule has 3 rings (SSSR count). The highest BCUT2D eigenvalue weighted by Crippen LogP contribution is 2.23. The number of ether oxygens (including phenoxy) is 1. The zero-order chi connectivity index (χ0) is 20.9. The maximum absolute atomic E-state index is 12.5. The predicted molar refractivity (Wildman–Crippen MR) is 115 cm³/mol. The van der Waals surface area contributed by atoms with E-state index in [9.17, 15) is 13.2 Å². The number of hydrogen-bond donors (Lipinski definition) is 2. The van der Waals surface area contributed by atoms with Gasteiger partial charge in [-0.1, -0.05) is 41.9 Å². The van der Waals surface area contributed by atoms with E-state index in [1.54, 1.807) is 24.3 Å². The maximum Gasteiger partial charge on any atom is 0.257 e. The Morgan fingerprint density at radius 2 is 1.62 bits per heavy atom. The Bertz CT molecular complexity index is 1100. The molecule has 8 heteroatoms. The Labute approximate surface area is 174 Å². The monoisotopic (exact) mass is 430 g/mol. The number of amides is 1. The quantitative estimate of drug-likeness (QED) is 0.576. The molecule has 0 heterocycles. The molecule has 6 nitrogen and oxygen atoms in total. The van der Waals surface area contributed by atoms with Gasteiger partial charge in [0.15, 0.2) is 0 Å². The van der Waals surface area contributed by atoms with Gasteiger partial charge in [0, 0.05) is 11.4 Å². The van der Waals surface area contributed by atoms with Crippen molar-refractivity contribution in [1.29, 1.82) is 0 Å². The Morgan fingerprint density at radius 3 is 2.24 bits per heavy atom. The number of sulfonamides is 1. The third-order valence-corrected chi connectivity index (χ3v) is 4.80. The number of anilines is 2. The molecule has 0 unspecified atom stereocenters. The second kappa shape index (κ2) is 8.98. The first-order valence-corrected chi connectivity index (χ1v) is 10.9. The number of rotatable bonds is 7. The molecule has 0 fully saturated rings. The van der Waals surface area contributed by atoms with Crippen molar-refractivity contribution in [2.24, 2.45) is 0 Å². The lowest BCUT2D eigenvalue weighted by molar-refractivity contribution is 0.102. The van der Waals surface area contributed by atoms with Gasteiger partial charge >= 0.3 is 0 Å². The van der Waals surface area contributed by atoms with E-state index in [1.807, 2.05) is 30.3 Å². The minimum Gasteiger partial charge on any atom is -0.489 e. The van der Waals surface area contributed by atoms with Crippen LogP contribution in [0.3, 0.4) is 0 Å². The van der Waals surface area contributed by atoms with Crippen molar-refractivity contribution < 1.29 is 17.9 Å². The number of halogens is 1. The predicted octanol–water partition coefficient (Wildman–Crippen LogP) is 4.54. The van der Waals surface area contributed by atoms with Crippen molar-refractivity contribution in [3.63, 3.8) is 0 Å². The average molecular weight is 431 g/mol. The smallest absolute Gasteiger partial charge is 0.257 e. The highest BCUT2D eigenvalue weighted by molar-refractivity contribution is 7.92. The molecule has 0 radical (unpaired) electrons. The third kappa shape index (κ3) is 6.23. The van der Waals surface area contributed by atoms with Crippen LogP contribution in [0, 0.1) is 0 Å². The lowest BCUT2D eigenvalue weighted by Crippen LogP contribution is -2.13. The normalized spacial score (nSPS) is 11.0. The Hall–Kier alpha value is -3.03. The molecule has 0 bridgehead atoms. The summed E-state index contributed by atoms with van der Waals surface area (Å²) in [5, 5.41) is 2.89. The van der Waals surface area contributed by atoms with Crippen molar-refractivity contribution >= 4 is 38.9 Å². The first-order valence-electron chi connectivity index (χ1n) is 8.66. The van der Waals surface area contributed by atoms with Gasteiger partial charge in [-0.2, -0.15) is 0 Å². The summed E-state index contributed by atoms with van der Waals surface area (Å²) in [6.45, 7) is 0.454. The zero-order valence-corrected chi connectivity index (χ0v) is 17.1. The summed E-state index contributed by atoms with van der Waals surface area (Å²) in [7, 11) is -3.42. The highest BCUT2D eigenvalue weighted by Gasteiger charge is 2.12. The van der Waals surface area contributed by atoms with E-state index in [1.165, 1.54) is 18.2 Å². The number of benzene rings is 3. The third-order valence-electron chi connectivity index (χ3n) is 3.88. The standard InChI is InChI=1S/C21H19ClN2O4S/c1-29(26,27)24-17-9-12-19(20(22)13-17)21(25)23-16-7-10-18(11-8-16)28-14-15-5-3-2-4-6-15/h2-13,24H,14H2,1H3,(H,23,25). The molecule has 150 valence electrons. The number of carbonyl (C=O) groups excluding carboxylic acids is 1. The topological polar surface area (TPSA) is 84.5 Å². The van der Waals surface area contributed by atoms with Gasteiger partial charge in [0.1, 0.15) is 12.4 Å². The second-order valence-corrected chi connectivity index (χ2v) is 8.48. The van der Waals surface area contributed by atoms with E-state index in [0.29, 0.717) is 18.0 Å². The van der Waals surface area contributed by atoms with Crippen LogP contribution in [-0.4, -0.2) is 20.6 Å². The SMILES string of the molecule is CS(=O)(=O)Nc1ccc(C(=O)Nc2ccc(OCc3ccccc3)cc2)c(Cl)c1. The summed E-state index contributed by atoms with van der Waals surface area (Å²) >= 11 is 6.13. The van der Waals surface area contributed by atoms with Crippen molar-refractivity contribution in [3.8, 4) is 5.75 Å². The Kier molecular flexibility index (Phi) is 6.41. The van der Waals surface area contributed by atoms with E-state index < -0.39 is 15.9 Å². The molecule has 0 aliphatic heterocycles. The summed E-state index contributed by atoms with van der Waals surface area (Å²) < 4.78 is 30.6. The van der Waals surface area contributed by atoms with Crippen molar-refractivity contribution in [3.05, 3.63) is 88.9 Å². The fraction of sp³-hybridized carbons (Fsp3) is 0.0952. The van der Waals surface area contributed by atoms with Crippen LogP contribution < -0.4 is 14.8 Å². The lowest BCUT2D eigenvalue weighted by Gasteiger charge is -2.10. The van der Waals surface area contributed by atoms with Crippen LogP contribution >= 0.6 is 11.6 Å². The molecular formula is C21H19ClN2O4S. The molecule has 0 aliphatic rings. The van der Waals surface area contributed by atoms with Gasteiger partial charge in [0.25, 0.3) is 5.91 Å². The van der Waals surface area contributed by atoms with E-state index in [0.717, 1.165) is 11.8 Å². The summed E-state index contributed by atoms with van der Waals surface area (Å²) in [5.41, 5.74) is 2.16. The Morgan fingerprint density at radius 1 is 0.966 bits per heavy atom. The molecule has 2 N–H and O–H groups in total. The summed E-state index contributed by atoms with van der Waals surface area (Å²) in [4.78, 5) is 12.5. The van der Waals surface area contributed by atoms with Gasteiger partial charge in [-0.05, 0) is 48.0 Å². The minimum atomic E-state index is -3.42. The maximum atomic E-state index is 12.5. The molecule has 0 saturated heterocycles. The molecule has 0 atom stereocenters. The average Bonchev–Trinajstić information content (AvgIpc) is 2.67. The molecular weight excluding hydrogens is 412 g/mol. The van der Waals surface area contributed by atoms with Gasteiger partial charge in [-0.25, -0.2) is 8.42 Å². The van der Waals surface area contributed by atoms with Crippen LogP contribution in [0.25, 0.3) is 0 Å². The van der Waals surface area contributed by atoms with Gasteiger partial charge in [-0.15, -0.1) is 0 Å². The summed E-state index contributed by atoms with van der Waals surface area (Å²) in [6, 6.07) is 21.1. The molecule has 0 aromatic heterocycles. The van der Waals surface area contributed by atoms with Crippen LogP contribution in [0.2, 0.25) is 5.02 Å².